The highest BCUT2D eigenvalue weighted by Crippen LogP contribution is 2.16. The van der Waals surface area contributed by atoms with Gasteiger partial charge in [0.15, 0.2) is 5.71 Å². The first kappa shape index (κ1) is 27.6. The van der Waals surface area contributed by atoms with Crippen LogP contribution in [0, 0.1) is 0 Å². The first-order chi connectivity index (χ1) is 19.1. The minimum absolute atomic E-state index is 0.0362. The van der Waals surface area contributed by atoms with Crippen molar-refractivity contribution >= 4 is 23.0 Å². The van der Waals surface area contributed by atoms with E-state index in [0.717, 1.165) is 41.8 Å². The molecule has 0 spiro atoms. The maximum atomic E-state index is 13.3. The van der Waals surface area contributed by atoms with Crippen LogP contribution in [-0.2, 0) is 6.42 Å². The topological polar surface area (TPSA) is 58.9 Å². The van der Waals surface area contributed by atoms with E-state index in [2.05, 4.69) is 48.3 Å². The van der Waals surface area contributed by atoms with Gasteiger partial charge in [-0.15, -0.1) is 0 Å². The van der Waals surface area contributed by atoms with Gasteiger partial charge in [0, 0.05) is 28.8 Å². The van der Waals surface area contributed by atoms with E-state index in [1.54, 1.807) is 48.5 Å². The molecule has 0 amide bonds. The molecule has 0 fully saturated rings. The van der Waals surface area contributed by atoms with Crippen molar-refractivity contribution in [2.45, 2.75) is 39.2 Å². The minimum Gasteiger partial charge on any atom is -0.287 e. The molecule has 0 bridgehead atoms. The lowest BCUT2D eigenvalue weighted by Crippen LogP contribution is -2.27. The number of carbonyl (C=O) groups excluding carboxylic acids is 2. The highest BCUT2D eigenvalue weighted by Gasteiger charge is 2.24. The van der Waals surface area contributed by atoms with Gasteiger partial charge in [-0.1, -0.05) is 129 Å². The van der Waals surface area contributed by atoms with Crippen molar-refractivity contribution in [3.05, 3.63) is 143 Å². The fourth-order valence-corrected chi connectivity index (χ4v) is 4.37. The van der Waals surface area contributed by atoms with E-state index >= 15 is 0 Å². The Morgan fingerprint density at radius 1 is 0.641 bits per heavy atom. The van der Waals surface area contributed by atoms with Gasteiger partial charge in [-0.3, -0.25) is 19.6 Å². The van der Waals surface area contributed by atoms with E-state index in [1.165, 1.54) is 0 Å². The van der Waals surface area contributed by atoms with E-state index in [-0.39, 0.29) is 23.3 Å². The molecule has 0 heterocycles. The van der Waals surface area contributed by atoms with E-state index in [9.17, 15) is 9.59 Å². The Bertz CT molecular complexity index is 1370. The first-order valence-electron chi connectivity index (χ1n) is 13.5. The summed E-state index contributed by atoms with van der Waals surface area (Å²) >= 11 is 0. The number of Topliss-reactive ketones (excluding diaryl/α,β-unsaturated/α-hetero) is 2. The zero-order chi connectivity index (χ0) is 27.5. The van der Waals surface area contributed by atoms with E-state index in [0.29, 0.717) is 17.5 Å². The van der Waals surface area contributed by atoms with Gasteiger partial charge < -0.3 is 0 Å². The van der Waals surface area contributed by atoms with Crippen molar-refractivity contribution < 1.29 is 9.59 Å². The van der Waals surface area contributed by atoms with Crippen molar-refractivity contribution in [1.82, 2.24) is 0 Å². The van der Waals surface area contributed by atoms with Crippen molar-refractivity contribution in [2.24, 2.45) is 9.98 Å². The van der Waals surface area contributed by atoms with Crippen LogP contribution in [0.3, 0.4) is 0 Å². The van der Waals surface area contributed by atoms with Crippen molar-refractivity contribution in [2.75, 3.05) is 6.54 Å². The molecule has 0 saturated carbocycles. The number of hydrogen-bond acceptors (Lipinski definition) is 4. The normalized spacial score (nSPS) is 12.0. The van der Waals surface area contributed by atoms with Crippen LogP contribution in [0.5, 0.6) is 0 Å². The SMILES string of the molecule is CCCCN=C(c1ccccc1)c1ccc(CC(C)N=C(C(=O)c2ccccc2)C(=O)c2ccccc2)cc1. The van der Waals surface area contributed by atoms with Crippen LogP contribution in [0.4, 0.5) is 0 Å². The minimum atomic E-state index is -0.359. The molecular weight excluding hydrogens is 480 g/mol. The molecular formula is C35H34N2O2. The summed E-state index contributed by atoms with van der Waals surface area (Å²) < 4.78 is 0. The summed E-state index contributed by atoms with van der Waals surface area (Å²) in [6.45, 7) is 4.90. The molecule has 4 rings (SSSR count). The Morgan fingerprint density at radius 2 is 1.10 bits per heavy atom. The van der Waals surface area contributed by atoms with Gasteiger partial charge in [-0.25, -0.2) is 0 Å². The lowest BCUT2D eigenvalue weighted by molar-refractivity contribution is 0.102. The average Bonchev–Trinajstić information content (AvgIpc) is 2.99. The monoisotopic (exact) mass is 514 g/mol. The Kier molecular flexibility index (Phi) is 9.85. The quantitative estimate of drug-likeness (QED) is 0.0852. The number of benzene rings is 4. The lowest BCUT2D eigenvalue weighted by Gasteiger charge is -2.12. The summed E-state index contributed by atoms with van der Waals surface area (Å²) in [6, 6.07) is 36.0. The lowest BCUT2D eigenvalue weighted by atomic mass is 9.97. The molecule has 196 valence electrons. The fraction of sp³-hybridized carbons (Fsp3) is 0.200. The van der Waals surface area contributed by atoms with Gasteiger partial charge in [0.25, 0.3) is 0 Å². The zero-order valence-corrected chi connectivity index (χ0v) is 22.6. The second kappa shape index (κ2) is 13.9. The Hall–Kier alpha value is -4.44. The summed E-state index contributed by atoms with van der Waals surface area (Å²) in [4.78, 5) is 36.3. The molecule has 1 atom stereocenters. The van der Waals surface area contributed by atoms with Gasteiger partial charge in [0.05, 0.1) is 11.8 Å². The highest BCUT2D eigenvalue weighted by atomic mass is 16.2. The van der Waals surface area contributed by atoms with E-state index < -0.39 is 0 Å². The number of carbonyl (C=O) groups is 2. The van der Waals surface area contributed by atoms with Crippen LogP contribution >= 0.6 is 0 Å². The predicted octanol–water partition coefficient (Wildman–Crippen LogP) is 7.46. The van der Waals surface area contributed by atoms with Gasteiger partial charge in [0.1, 0.15) is 0 Å². The van der Waals surface area contributed by atoms with Crippen LogP contribution in [0.25, 0.3) is 0 Å². The van der Waals surface area contributed by atoms with Crippen molar-refractivity contribution in [3.63, 3.8) is 0 Å². The maximum absolute atomic E-state index is 13.3. The molecule has 4 aromatic rings. The smallest absolute Gasteiger partial charge is 0.214 e. The molecule has 4 heteroatoms. The van der Waals surface area contributed by atoms with Crippen LogP contribution in [0.2, 0.25) is 0 Å². The molecule has 39 heavy (non-hydrogen) atoms. The first-order valence-corrected chi connectivity index (χ1v) is 13.5. The predicted molar refractivity (Wildman–Crippen MR) is 160 cm³/mol. The molecule has 1 unspecified atom stereocenters. The number of unbranched alkanes of at least 4 members (excludes halogenated alkanes) is 1. The summed E-state index contributed by atoms with van der Waals surface area (Å²) in [6.07, 6.45) is 2.75. The van der Waals surface area contributed by atoms with Crippen LogP contribution in [-0.4, -0.2) is 35.6 Å². The Morgan fingerprint density at radius 3 is 1.59 bits per heavy atom. The van der Waals surface area contributed by atoms with Crippen LogP contribution < -0.4 is 0 Å². The van der Waals surface area contributed by atoms with E-state index in [4.69, 9.17) is 4.99 Å². The second-order valence-corrected chi connectivity index (χ2v) is 9.57. The zero-order valence-electron chi connectivity index (χ0n) is 22.6. The molecule has 0 saturated heterocycles. The van der Waals surface area contributed by atoms with Gasteiger partial charge in [-0.2, -0.15) is 0 Å². The summed E-state index contributed by atoms with van der Waals surface area (Å²) in [5, 5.41) is 0. The molecule has 0 N–H and O–H groups in total. The second-order valence-electron chi connectivity index (χ2n) is 9.57. The number of nitrogens with zero attached hydrogens (tertiary/aromatic N) is 2. The van der Waals surface area contributed by atoms with Gasteiger partial charge >= 0.3 is 0 Å². The maximum Gasteiger partial charge on any atom is 0.214 e. The third kappa shape index (κ3) is 7.55. The third-order valence-electron chi connectivity index (χ3n) is 6.44. The molecule has 0 aliphatic carbocycles. The molecule has 4 nitrogen and oxygen atoms in total. The van der Waals surface area contributed by atoms with E-state index in [1.807, 2.05) is 37.3 Å². The van der Waals surface area contributed by atoms with Gasteiger partial charge in [-0.05, 0) is 25.3 Å². The Balaban J connectivity index is 1.57. The van der Waals surface area contributed by atoms with Crippen molar-refractivity contribution in [1.29, 1.82) is 0 Å². The summed E-state index contributed by atoms with van der Waals surface area (Å²) in [7, 11) is 0. The highest BCUT2D eigenvalue weighted by molar-refractivity contribution is 6.71. The number of ketones is 2. The molecule has 0 radical (unpaired) electrons. The van der Waals surface area contributed by atoms with Crippen LogP contribution in [0.15, 0.2) is 125 Å². The fourth-order valence-electron chi connectivity index (χ4n) is 4.37. The number of hydrogen-bond donors (Lipinski definition) is 0. The van der Waals surface area contributed by atoms with Gasteiger partial charge in [0.2, 0.25) is 11.6 Å². The molecule has 0 aliphatic heterocycles. The van der Waals surface area contributed by atoms with Crippen molar-refractivity contribution in [3.8, 4) is 0 Å². The molecule has 0 aliphatic rings. The molecule has 0 aromatic heterocycles. The summed E-state index contributed by atoms with van der Waals surface area (Å²) in [5.74, 6) is -0.718. The third-order valence-corrected chi connectivity index (χ3v) is 6.44. The number of rotatable bonds is 12. The summed E-state index contributed by atoms with van der Waals surface area (Å²) in [5.41, 5.74) is 5.10. The Labute approximate surface area is 231 Å². The average molecular weight is 515 g/mol. The standard InChI is InChI=1S/C35H34N2O2/c1-3-4-24-36-32(28-14-8-5-9-15-28)29-22-20-27(21-23-29)25-26(2)37-33(34(38)30-16-10-6-11-17-30)35(39)31-18-12-7-13-19-31/h5-23,26H,3-4,24-25H2,1-2H3. The largest absolute Gasteiger partial charge is 0.287 e. The molecule has 4 aromatic carbocycles. The van der Waals surface area contributed by atoms with Crippen LogP contribution in [0.1, 0.15) is 64.1 Å². The number of aliphatic imine (C=N–C) groups is 2.